The lowest BCUT2D eigenvalue weighted by Crippen LogP contribution is -2.26. The molecule has 0 radical (unpaired) electrons. The van der Waals surface area contributed by atoms with Gasteiger partial charge >= 0.3 is 5.97 Å². The molecule has 0 unspecified atom stereocenters. The van der Waals surface area contributed by atoms with Crippen molar-refractivity contribution in [1.82, 2.24) is 14.7 Å². The molecular formula is C14H23N3O2. The van der Waals surface area contributed by atoms with Crippen LogP contribution in [0.5, 0.6) is 0 Å². The molecule has 0 bridgehead atoms. The summed E-state index contributed by atoms with van der Waals surface area (Å²) in [5, 5.41) is 4.20. The van der Waals surface area contributed by atoms with Crippen molar-refractivity contribution in [2.45, 2.75) is 39.2 Å². The molecule has 19 heavy (non-hydrogen) atoms. The van der Waals surface area contributed by atoms with Gasteiger partial charge in [0.1, 0.15) is 5.56 Å². The molecule has 5 heteroatoms. The van der Waals surface area contributed by atoms with Crippen LogP contribution >= 0.6 is 0 Å². The van der Waals surface area contributed by atoms with E-state index < -0.39 is 0 Å². The van der Waals surface area contributed by atoms with Crippen molar-refractivity contribution >= 4 is 5.97 Å². The fraction of sp³-hybridized carbons (Fsp3) is 0.714. The normalized spacial score (nSPS) is 17.2. The standard InChI is InChI=1S/C14H23N3O2/c1-3-19-14(18)12-10-15-16(2)13(12)11-17-8-6-4-5-7-9-17/h10H,3-9,11H2,1-2H3. The van der Waals surface area contributed by atoms with Gasteiger partial charge in [-0.3, -0.25) is 9.58 Å². The van der Waals surface area contributed by atoms with Crippen molar-refractivity contribution in [3.8, 4) is 0 Å². The Morgan fingerprint density at radius 2 is 2.00 bits per heavy atom. The first-order chi connectivity index (χ1) is 9.22. The lowest BCUT2D eigenvalue weighted by atomic mass is 10.2. The Morgan fingerprint density at radius 3 is 2.63 bits per heavy atom. The van der Waals surface area contributed by atoms with Crippen LogP contribution in [-0.2, 0) is 18.3 Å². The summed E-state index contributed by atoms with van der Waals surface area (Å²) in [7, 11) is 1.88. The molecule has 5 nitrogen and oxygen atoms in total. The van der Waals surface area contributed by atoms with E-state index >= 15 is 0 Å². The van der Waals surface area contributed by atoms with Crippen LogP contribution in [0.4, 0.5) is 0 Å². The van der Waals surface area contributed by atoms with Gasteiger partial charge < -0.3 is 4.74 Å². The number of rotatable bonds is 4. The summed E-state index contributed by atoms with van der Waals surface area (Å²) in [6.45, 7) is 5.21. The molecule has 0 N–H and O–H groups in total. The van der Waals surface area contributed by atoms with Gasteiger partial charge in [0.05, 0.1) is 18.5 Å². The number of nitrogens with zero attached hydrogens (tertiary/aromatic N) is 3. The molecule has 0 aromatic carbocycles. The minimum atomic E-state index is -0.263. The first-order valence-electron chi connectivity index (χ1n) is 7.12. The summed E-state index contributed by atoms with van der Waals surface area (Å²) in [5.74, 6) is -0.263. The Kier molecular flexibility index (Phi) is 4.96. The average Bonchev–Trinajstić information content (AvgIpc) is 2.61. The Balaban J connectivity index is 2.09. The van der Waals surface area contributed by atoms with Crippen molar-refractivity contribution in [2.24, 2.45) is 7.05 Å². The Bertz CT molecular complexity index is 420. The predicted octanol–water partition coefficient (Wildman–Crippen LogP) is 1.97. The van der Waals surface area contributed by atoms with Gasteiger partial charge in [-0.05, 0) is 32.9 Å². The minimum absolute atomic E-state index is 0.263. The SMILES string of the molecule is CCOC(=O)c1cnn(C)c1CN1CCCCCC1. The number of likely N-dealkylation sites (tertiary alicyclic amines) is 1. The lowest BCUT2D eigenvalue weighted by Gasteiger charge is -2.20. The Morgan fingerprint density at radius 1 is 1.32 bits per heavy atom. The number of aromatic nitrogens is 2. The van der Waals surface area contributed by atoms with E-state index in [0.717, 1.165) is 25.3 Å². The highest BCUT2D eigenvalue weighted by molar-refractivity contribution is 5.90. The van der Waals surface area contributed by atoms with Crippen molar-refractivity contribution in [2.75, 3.05) is 19.7 Å². The zero-order valence-electron chi connectivity index (χ0n) is 11.9. The van der Waals surface area contributed by atoms with E-state index in [1.165, 1.54) is 25.7 Å². The molecule has 1 saturated heterocycles. The van der Waals surface area contributed by atoms with Gasteiger partial charge in [-0.1, -0.05) is 12.8 Å². The van der Waals surface area contributed by atoms with Gasteiger partial charge in [-0.15, -0.1) is 0 Å². The van der Waals surface area contributed by atoms with E-state index in [1.54, 1.807) is 10.9 Å². The smallest absolute Gasteiger partial charge is 0.341 e. The molecule has 1 aliphatic rings. The second-order valence-electron chi connectivity index (χ2n) is 5.04. The molecule has 2 heterocycles. The molecule has 2 rings (SSSR count). The lowest BCUT2D eigenvalue weighted by molar-refractivity contribution is 0.0523. The highest BCUT2D eigenvalue weighted by atomic mass is 16.5. The minimum Gasteiger partial charge on any atom is -0.462 e. The third-order valence-corrected chi connectivity index (χ3v) is 3.63. The van der Waals surface area contributed by atoms with Crippen molar-refractivity contribution in [3.05, 3.63) is 17.5 Å². The topological polar surface area (TPSA) is 47.4 Å². The number of carbonyl (C=O) groups excluding carboxylic acids is 1. The first kappa shape index (κ1) is 14.1. The molecule has 1 fully saturated rings. The Hall–Kier alpha value is -1.36. The highest BCUT2D eigenvalue weighted by Crippen LogP contribution is 2.16. The summed E-state index contributed by atoms with van der Waals surface area (Å²) >= 11 is 0. The van der Waals surface area contributed by atoms with E-state index in [-0.39, 0.29) is 5.97 Å². The molecule has 1 aromatic heterocycles. The monoisotopic (exact) mass is 265 g/mol. The first-order valence-corrected chi connectivity index (χ1v) is 7.12. The van der Waals surface area contributed by atoms with Crippen molar-refractivity contribution in [1.29, 1.82) is 0 Å². The van der Waals surface area contributed by atoms with Crippen LogP contribution in [0.15, 0.2) is 6.20 Å². The number of esters is 1. The molecule has 0 amide bonds. The number of ether oxygens (including phenoxy) is 1. The summed E-state index contributed by atoms with van der Waals surface area (Å²) in [6.07, 6.45) is 6.73. The van der Waals surface area contributed by atoms with Crippen LogP contribution < -0.4 is 0 Å². The van der Waals surface area contributed by atoms with Crippen LogP contribution in [0.25, 0.3) is 0 Å². The van der Waals surface area contributed by atoms with E-state index in [1.807, 2.05) is 14.0 Å². The third kappa shape index (κ3) is 3.56. The highest BCUT2D eigenvalue weighted by Gasteiger charge is 2.20. The van der Waals surface area contributed by atoms with Gasteiger partial charge in [0.2, 0.25) is 0 Å². The maximum absolute atomic E-state index is 11.9. The van der Waals surface area contributed by atoms with Crippen LogP contribution in [0.2, 0.25) is 0 Å². The summed E-state index contributed by atoms with van der Waals surface area (Å²) in [5.41, 5.74) is 1.56. The molecule has 0 atom stereocenters. The number of aryl methyl sites for hydroxylation is 1. The molecule has 1 aliphatic heterocycles. The summed E-state index contributed by atoms with van der Waals surface area (Å²) in [6, 6.07) is 0. The van der Waals surface area contributed by atoms with E-state index in [0.29, 0.717) is 12.2 Å². The summed E-state index contributed by atoms with van der Waals surface area (Å²) in [4.78, 5) is 14.3. The number of carbonyl (C=O) groups is 1. The predicted molar refractivity (Wildman–Crippen MR) is 72.9 cm³/mol. The fourth-order valence-electron chi connectivity index (χ4n) is 2.54. The summed E-state index contributed by atoms with van der Waals surface area (Å²) < 4.78 is 6.87. The van der Waals surface area contributed by atoms with Crippen LogP contribution in [-0.4, -0.2) is 40.3 Å². The van der Waals surface area contributed by atoms with Gasteiger partial charge in [0, 0.05) is 13.6 Å². The average molecular weight is 265 g/mol. The zero-order chi connectivity index (χ0) is 13.7. The van der Waals surface area contributed by atoms with Gasteiger partial charge in [-0.2, -0.15) is 5.10 Å². The second kappa shape index (κ2) is 6.70. The largest absolute Gasteiger partial charge is 0.462 e. The molecule has 106 valence electrons. The van der Waals surface area contributed by atoms with E-state index in [9.17, 15) is 4.79 Å². The van der Waals surface area contributed by atoms with E-state index in [4.69, 9.17) is 4.74 Å². The molecular weight excluding hydrogens is 242 g/mol. The maximum atomic E-state index is 11.9. The molecule has 0 spiro atoms. The molecule has 1 aromatic rings. The maximum Gasteiger partial charge on any atom is 0.341 e. The quantitative estimate of drug-likeness (QED) is 0.781. The third-order valence-electron chi connectivity index (χ3n) is 3.63. The van der Waals surface area contributed by atoms with Crippen molar-refractivity contribution in [3.63, 3.8) is 0 Å². The van der Waals surface area contributed by atoms with Gasteiger partial charge in [0.15, 0.2) is 0 Å². The number of hydrogen-bond donors (Lipinski definition) is 0. The molecule has 0 aliphatic carbocycles. The Labute approximate surface area is 114 Å². The van der Waals surface area contributed by atoms with Gasteiger partial charge in [-0.25, -0.2) is 4.79 Å². The van der Waals surface area contributed by atoms with Crippen LogP contribution in [0, 0.1) is 0 Å². The molecule has 0 saturated carbocycles. The number of hydrogen-bond acceptors (Lipinski definition) is 4. The van der Waals surface area contributed by atoms with E-state index in [2.05, 4.69) is 10.00 Å². The van der Waals surface area contributed by atoms with Crippen LogP contribution in [0.1, 0.15) is 48.7 Å². The van der Waals surface area contributed by atoms with Gasteiger partial charge in [0.25, 0.3) is 0 Å². The second-order valence-corrected chi connectivity index (χ2v) is 5.04. The zero-order valence-corrected chi connectivity index (χ0v) is 11.9. The fourth-order valence-corrected chi connectivity index (χ4v) is 2.54. The van der Waals surface area contributed by atoms with Crippen LogP contribution in [0.3, 0.4) is 0 Å². The van der Waals surface area contributed by atoms with Crippen molar-refractivity contribution < 1.29 is 9.53 Å².